The quantitative estimate of drug-likeness (QED) is 0.274. The van der Waals surface area contributed by atoms with Crippen molar-refractivity contribution < 1.29 is 4.79 Å². The van der Waals surface area contributed by atoms with Crippen LogP contribution in [0.3, 0.4) is 0 Å². The fourth-order valence-electron chi connectivity index (χ4n) is 2.87. The van der Waals surface area contributed by atoms with Gasteiger partial charge < -0.3 is 20.4 Å². The number of rotatable bonds is 5. The number of hydrogen-bond acceptors (Lipinski definition) is 6. The molecule has 7 nitrogen and oxygen atoms in total. The van der Waals surface area contributed by atoms with Crippen LogP contribution in [0, 0.1) is 6.92 Å². The molecule has 148 valence electrons. The smallest absolute Gasteiger partial charge is 0.263 e. The van der Waals surface area contributed by atoms with Gasteiger partial charge in [0.1, 0.15) is 4.88 Å². The maximum Gasteiger partial charge on any atom is 0.263 e. The predicted octanol–water partition coefficient (Wildman–Crippen LogP) is 2.26. The van der Waals surface area contributed by atoms with Crippen LogP contribution < -0.4 is 15.5 Å². The number of aliphatic imine (C=N–C) groups is 1. The third-order valence-electron chi connectivity index (χ3n) is 4.25. The molecule has 0 saturated carbocycles. The summed E-state index contributed by atoms with van der Waals surface area (Å²) < 4.78 is 0. The summed E-state index contributed by atoms with van der Waals surface area (Å²) in [5.74, 6) is 0.824. The summed E-state index contributed by atoms with van der Waals surface area (Å²) in [5.41, 5.74) is 2.47. The first-order valence-corrected chi connectivity index (χ1v) is 10.4. The highest BCUT2D eigenvalue weighted by molar-refractivity contribution is 14.0. The van der Waals surface area contributed by atoms with E-state index in [1.807, 2.05) is 6.92 Å². The number of carbonyl (C=O) groups is 1. The summed E-state index contributed by atoms with van der Waals surface area (Å²) >= 11 is 3.15. The first-order valence-electron chi connectivity index (χ1n) is 8.61. The van der Waals surface area contributed by atoms with Crippen molar-refractivity contribution in [3.8, 4) is 0 Å². The number of anilines is 1. The van der Waals surface area contributed by atoms with Crippen LogP contribution >= 0.6 is 46.7 Å². The normalized spacial score (nSPS) is 14.7. The largest absolute Gasteiger partial charge is 0.360 e. The predicted molar refractivity (Wildman–Crippen MR) is 124 cm³/mol. The number of aromatic nitrogens is 1. The van der Waals surface area contributed by atoms with E-state index in [9.17, 15) is 4.79 Å². The molecular formula is C17H25IN6OS2. The van der Waals surface area contributed by atoms with Crippen LogP contribution in [0.5, 0.6) is 0 Å². The second kappa shape index (κ2) is 10.8. The Morgan fingerprint density at radius 2 is 1.96 bits per heavy atom. The Hall–Kier alpha value is -1.40. The van der Waals surface area contributed by atoms with Crippen LogP contribution in [-0.4, -0.2) is 68.1 Å². The van der Waals surface area contributed by atoms with Gasteiger partial charge in [-0.15, -0.1) is 46.7 Å². The molecule has 27 heavy (non-hydrogen) atoms. The fraction of sp³-hybridized carbons (Fsp3) is 0.471. The minimum Gasteiger partial charge on any atom is -0.360 e. The Kier molecular flexibility index (Phi) is 8.77. The molecule has 3 rings (SSSR count). The van der Waals surface area contributed by atoms with Crippen LogP contribution in [0.4, 0.5) is 5.00 Å². The molecule has 0 bridgehead atoms. The van der Waals surface area contributed by atoms with E-state index in [1.165, 1.54) is 16.3 Å². The van der Waals surface area contributed by atoms with Crippen LogP contribution in [0.25, 0.3) is 0 Å². The Labute approximate surface area is 184 Å². The third kappa shape index (κ3) is 5.79. The number of halogens is 1. The molecule has 3 heterocycles. The lowest BCUT2D eigenvalue weighted by Gasteiger charge is -2.37. The number of carbonyl (C=O) groups excluding carboxylic acids is 1. The molecule has 1 aliphatic heterocycles. The standard InChI is InChI=1S/C17H24N6OS2.HI/c1-13-15(26-12-21-13)16(24)19-5-6-20-17(18-2)23-9-7-22(8-10-23)14-4-3-11-25-14;/h3-4,11-12H,5-10H2,1-2H3,(H,18,20)(H,19,24);1H. The molecule has 0 aliphatic carbocycles. The molecule has 2 aromatic rings. The van der Waals surface area contributed by atoms with Crippen molar-refractivity contribution in [3.63, 3.8) is 0 Å². The Morgan fingerprint density at radius 3 is 2.56 bits per heavy atom. The van der Waals surface area contributed by atoms with E-state index < -0.39 is 0 Å². The SMILES string of the molecule is CN=C(NCCNC(=O)c1scnc1C)N1CCN(c2cccs2)CC1.I. The zero-order valence-corrected chi connectivity index (χ0v) is 19.4. The summed E-state index contributed by atoms with van der Waals surface area (Å²) in [6.45, 7) is 6.88. The maximum absolute atomic E-state index is 12.1. The highest BCUT2D eigenvalue weighted by Gasteiger charge is 2.20. The van der Waals surface area contributed by atoms with Crippen LogP contribution in [0.15, 0.2) is 28.0 Å². The second-order valence-corrected chi connectivity index (χ2v) is 7.70. The van der Waals surface area contributed by atoms with Gasteiger partial charge in [-0.2, -0.15) is 0 Å². The van der Waals surface area contributed by atoms with E-state index in [1.54, 1.807) is 23.9 Å². The lowest BCUT2D eigenvalue weighted by atomic mass is 10.3. The first-order chi connectivity index (χ1) is 12.7. The fourth-order valence-corrected chi connectivity index (χ4v) is 4.38. The monoisotopic (exact) mass is 520 g/mol. The number of thiazole rings is 1. The van der Waals surface area contributed by atoms with Gasteiger partial charge in [0.15, 0.2) is 5.96 Å². The minimum absolute atomic E-state index is 0. The molecule has 1 amide bonds. The van der Waals surface area contributed by atoms with Crippen LogP contribution in [-0.2, 0) is 0 Å². The molecule has 2 N–H and O–H groups in total. The van der Waals surface area contributed by atoms with Crippen molar-refractivity contribution in [3.05, 3.63) is 33.6 Å². The maximum atomic E-state index is 12.1. The molecule has 0 atom stereocenters. The van der Waals surface area contributed by atoms with Gasteiger partial charge >= 0.3 is 0 Å². The van der Waals surface area contributed by atoms with Gasteiger partial charge in [-0.05, 0) is 24.4 Å². The van der Waals surface area contributed by atoms with Gasteiger partial charge in [0.2, 0.25) is 0 Å². The molecule has 2 aromatic heterocycles. The number of nitrogens with one attached hydrogen (secondary N) is 2. The van der Waals surface area contributed by atoms with Crippen molar-refractivity contribution >= 4 is 63.5 Å². The lowest BCUT2D eigenvalue weighted by Crippen LogP contribution is -2.53. The van der Waals surface area contributed by atoms with E-state index in [0.29, 0.717) is 18.0 Å². The number of hydrogen-bond donors (Lipinski definition) is 2. The Morgan fingerprint density at radius 1 is 1.22 bits per heavy atom. The van der Waals surface area contributed by atoms with Crippen molar-refractivity contribution in [1.82, 2.24) is 20.5 Å². The summed E-state index contributed by atoms with van der Waals surface area (Å²) in [6.07, 6.45) is 0. The van der Waals surface area contributed by atoms with Gasteiger partial charge in [0.05, 0.1) is 16.2 Å². The average molecular weight is 520 g/mol. The molecule has 0 spiro atoms. The van der Waals surface area contributed by atoms with Crippen molar-refractivity contribution in [1.29, 1.82) is 0 Å². The molecular weight excluding hydrogens is 495 g/mol. The number of guanidine groups is 1. The van der Waals surface area contributed by atoms with E-state index in [2.05, 4.69) is 47.9 Å². The number of nitrogens with zero attached hydrogens (tertiary/aromatic N) is 4. The number of piperazine rings is 1. The number of aryl methyl sites for hydroxylation is 1. The lowest BCUT2D eigenvalue weighted by molar-refractivity contribution is 0.0957. The first kappa shape index (κ1) is 21.9. The molecule has 1 saturated heterocycles. The highest BCUT2D eigenvalue weighted by atomic mass is 127. The zero-order chi connectivity index (χ0) is 18.4. The molecule has 0 radical (unpaired) electrons. The van der Waals surface area contributed by atoms with Gasteiger partial charge in [0.25, 0.3) is 5.91 Å². The number of thiophene rings is 1. The molecule has 0 unspecified atom stereocenters. The summed E-state index contributed by atoms with van der Waals surface area (Å²) in [6, 6.07) is 4.26. The van der Waals surface area contributed by atoms with Crippen LogP contribution in [0.2, 0.25) is 0 Å². The molecule has 10 heteroatoms. The average Bonchev–Trinajstić information content (AvgIpc) is 3.33. The van der Waals surface area contributed by atoms with Gasteiger partial charge in [-0.3, -0.25) is 9.79 Å². The van der Waals surface area contributed by atoms with Crippen LogP contribution in [0.1, 0.15) is 15.4 Å². The summed E-state index contributed by atoms with van der Waals surface area (Å²) in [5, 5.41) is 9.70. The van der Waals surface area contributed by atoms with Crippen molar-refractivity contribution in [2.75, 3.05) is 51.2 Å². The molecule has 0 aromatic carbocycles. The van der Waals surface area contributed by atoms with E-state index in [0.717, 1.165) is 37.8 Å². The van der Waals surface area contributed by atoms with E-state index in [-0.39, 0.29) is 29.9 Å². The third-order valence-corrected chi connectivity index (χ3v) is 6.11. The number of amides is 1. The minimum atomic E-state index is -0.0636. The highest BCUT2D eigenvalue weighted by Crippen LogP contribution is 2.22. The molecule has 1 aliphatic rings. The van der Waals surface area contributed by atoms with Gasteiger partial charge in [0, 0.05) is 46.3 Å². The van der Waals surface area contributed by atoms with Gasteiger partial charge in [-0.25, -0.2) is 4.98 Å². The van der Waals surface area contributed by atoms with Crippen molar-refractivity contribution in [2.24, 2.45) is 4.99 Å². The van der Waals surface area contributed by atoms with Crippen molar-refractivity contribution in [2.45, 2.75) is 6.92 Å². The van der Waals surface area contributed by atoms with E-state index in [4.69, 9.17) is 0 Å². The Balaban J connectivity index is 0.00000261. The van der Waals surface area contributed by atoms with E-state index >= 15 is 0 Å². The summed E-state index contributed by atoms with van der Waals surface area (Å²) in [7, 11) is 1.80. The Bertz CT molecular complexity index is 740. The molecule has 1 fully saturated rings. The topological polar surface area (TPSA) is 72.9 Å². The zero-order valence-electron chi connectivity index (χ0n) is 15.5. The summed E-state index contributed by atoms with van der Waals surface area (Å²) in [4.78, 5) is 25.9. The van der Waals surface area contributed by atoms with Gasteiger partial charge in [-0.1, -0.05) is 0 Å². The second-order valence-electron chi connectivity index (χ2n) is 5.92.